The highest BCUT2D eigenvalue weighted by Gasteiger charge is 2.24. The number of carboxylic acid groups (broad SMARTS) is 1. The lowest BCUT2D eigenvalue weighted by Gasteiger charge is -2.18. The molecule has 0 aliphatic carbocycles. The second-order valence-electron chi connectivity index (χ2n) is 8.64. The van der Waals surface area contributed by atoms with E-state index in [-0.39, 0.29) is 18.9 Å². The van der Waals surface area contributed by atoms with Crippen LogP contribution in [0.4, 0.5) is 5.95 Å². The Morgan fingerprint density at radius 2 is 2.05 bits per heavy atom. The van der Waals surface area contributed by atoms with E-state index < -0.39 is 5.97 Å². The van der Waals surface area contributed by atoms with Gasteiger partial charge in [0.25, 0.3) is 0 Å². The molecule has 0 unspecified atom stereocenters. The number of imidazole rings is 1. The number of aliphatic carboxylic acids is 1. The molecule has 0 radical (unpaired) electrons. The quantitative estimate of drug-likeness (QED) is 0.222. The molecule has 5 aromatic rings. The monoisotopic (exact) mass is 496 g/mol. The standard InChI is InChI=1S/C27H24N6O4/c1-15(17-7-5-4-6-8-17)33-26-18-12-23(36-3)19(25-16(2)37-32-20(25)9-10-24(34)35)11-21(18)29-13-22(26)31-27(33)30-14-28/h4-8,11-13,15H,9-10H2,1-3H3,(H,30,31)(H,34,35)/t15-/m1/s1. The number of hydrogen-bond donors (Lipinski definition) is 2. The van der Waals surface area contributed by atoms with Crippen molar-refractivity contribution in [3.63, 3.8) is 0 Å². The van der Waals surface area contributed by atoms with E-state index >= 15 is 0 Å². The van der Waals surface area contributed by atoms with Crippen molar-refractivity contribution < 1.29 is 19.2 Å². The average molecular weight is 497 g/mol. The molecule has 3 aromatic heterocycles. The van der Waals surface area contributed by atoms with Crippen LogP contribution < -0.4 is 10.1 Å². The van der Waals surface area contributed by atoms with Crippen molar-refractivity contribution in [2.24, 2.45) is 0 Å². The van der Waals surface area contributed by atoms with Crippen molar-refractivity contribution in [2.75, 3.05) is 12.4 Å². The van der Waals surface area contributed by atoms with Crippen molar-refractivity contribution in [2.45, 2.75) is 32.7 Å². The summed E-state index contributed by atoms with van der Waals surface area (Å²) >= 11 is 0. The Morgan fingerprint density at radius 1 is 1.27 bits per heavy atom. The minimum atomic E-state index is -0.913. The highest BCUT2D eigenvalue weighted by Crippen LogP contribution is 2.40. The maximum absolute atomic E-state index is 11.2. The van der Waals surface area contributed by atoms with Crippen LogP contribution in [0.5, 0.6) is 5.75 Å². The van der Waals surface area contributed by atoms with Crippen LogP contribution in [0, 0.1) is 18.4 Å². The topological polar surface area (TPSA) is 139 Å². The molecule has 3 heterocycles. The molecule has 1 atom stereocenters. The molecule has 0 spiro atoms. The van der Waals surface area contributed by atoms with Crippen molar-refractivity contribution in [3.05, 3.63) is 65.7 Å². The summed E-state index contributed by atoms with van der Waals surface area (Å²) in [4.78, 5) is 20.5. The minimum Gasteiger partial charge on any atom is -0.496 e. The second-order valence-corrected chi connectivity index (χ2v) is 8.64. The largest absolute Gasteiger partial charge is 0.496 e. The number of carboxylic acids is 1. The van der Waals surface area contributed by atoms with Crippen molar-refractivity contribution in [1.29, 1.82) is 5.26 Å². The Kier molecular flexibility index (Phi) is 6.19. The van der Waals surface area contributed by atoms with E-state index in [0.29, 0.717) is 45.3 Å². The second kappa shape index (κ2) is 9.62. The van der Waals surface area contributed by atoms with Gasteiger partial charge < -0.3 is 18.9 Å². The summed E-state index contributed by atoms with van der Waals surface area (Å²) in [5, 5.41) is 26.1. The van der Waals surface area contributed by atoms with Crippen LogP contribution in [-0.4, -0.2) is 37.9 Å². The number of pyridine rings is 1. The van der Waals surface area contributed by atoms with Crippen molar-refractivity contribution in [3.8, 4) is 23.1 Å². The molecule has 10 heteroatoms. The first-order valence-electron chi connectivity index (χ1n) is 11.7. The predicted molar refractivity (Wildman–Crippen MR) is 137 cm³/mol. The maximum atomic E-state index is 11.2. The van der Waals surface area contributed by atoms with E-state index in [1.54, 1.807) is 20.2 Å². The Bertz CT molecular complexity index is 1670. The van der Waals surface area contributed by atoms with Crippen LogP contribution in [0.3, 0.4) is 0 Å². The lowest BCUT2D eigenvalue weighted by molar-refractivity contribution is -0.136. The lowest BCUT2D eigenvalue weighted by atomic mass is 9.98. The van der Waals surface area contributed by atoms with Crippen LogP contribution >= 0.6 is 0 Å². The number of anilines is 1. The summed E-state index contributed by atoms with van der Waals surface area (Å²) < 4.78 is 13.2. The van der Waals surface area contributed by atoms with Crippen LogP contribution in [0.15, 0.2) is 53.2 Å². The number of carbonyl (C=O) groups is 1. The van der Waals surface area contributed by atoms with Gasteiger partial charge in [0.05, 0.1) is 48.1 Å². The smallest absolute Gasteiger partial charge is 0.303 e. The number of benzene rings is 2. The zero-order valence-corrected chi connectivity index (χ0v) is 20.5. The first-order chi connectivity index (χ1) is 17.9. The molecular weight excluding hydrogens is 472 g/mol. The van der Waals surface area contributed by atoms with Crippen LogP contribution in [0.1, 0.15) is 36.4 Å². The SMILES string of the molecule is COc1cc2c(cc1-c1c(CCC(=O)O)noc1C)ncc1nc(NC#N)n([C@H](C)c3ccccc3)c12. The van der Waals surface area contributed by atoms with E-state index in [9.17, 15) is 10.1 Å². The number of ether oxygens (including phenoxy) is 1. The molecular formula is C27H24N6O4. The van der Waals surface area contributed by atoms with Gasteiger partial charge in [-0.05, 0) is 31.5 Å². The first-order valence-corrected chi connectivity index (χ1v) is 11.7. The molecule has 5 rings (SSSR count). The molecule has 0 bridgehead atoms. The lowest BCUT2D eigenvalue weighted by Crippen LogP contribution is -2.10. The van der Waals surface area contributed by atoms with Crippen LogP contribution in [0.2, 0.25) is 0 Å². The molecule has 0 fully saturated rings. The van der Waals surface area contributed by atoms with Gasteiger partial charge in [-0.25, -0.2) is 4.98 Å². The van der Waals surface area contributed by atoms with Gasteiger partial charge in [0.15, 0.2) is 6.19 Å². The zero-order chi connectivity index (χ0) is 26.1. The summed E-state index contributed by atoms with van der Waals surface area (Å²) in [5.41, 5.74) is 5.11. The molecule has 0 amide bonds. The third kappa shape index (κ3) is 4.21. The molecule has 37 heavy (non-hydrogen) atoms. The third-order valence-corrected chi connectivity index (χ3v) is 6.45. The van der Waals surface area contributed by atoms with Gasteiger partial charge in [-0.1, -0.05) is 35.5 Å². The molecule has 186 valence electrons. The third-order valence-electron chi connectivity index (χ3n) is 6.45. The number of hydrogen-bond acceptors (Lipinski definition) is 8. The van der Waals surface area contributed by atoms with Gasteiger partial charge in [0, 0.05) is 17.4 Å². The van der Waals surface area contributed by atoms with Crippen LogP contribution in [0.25, 0.3) is 33.1 Å². The highest BCUT2D eigenvalue weighted by molar-refractivity contribution is 6.06. The summed E-state index contributed by atoms with van der Waals surface area (Å²) in [6.45, 7) is 3.83. The zero-order valence-electron chi connectivity index (χ0n) is 20.5. The van der Waals surface area contributed by atoms with Crippen LogP contribution in [-0.2, 0) is 11.2 Å². The Balaban J connectivity index is 1.76. The number of nitrogens with one attached hydrogen (secondary N) is 1. The predicted octanol–water partition coefficient (Wildman–Crippen LogP) is 5.08. The van der Waals surface area contributed by atoms with Gasteiger partial charge >= 0.3 is 5.97 Å². The number of rotatable bonds is 8. The summed E-state index contributed by atoms with van der Waals surface area (Å²) in [5.74, 6) is 0.614. The molecule has 0 aliphatic heterocycles. The Morgan fingerprint density at radius 3 is 2.76 bits per heavy atom. The van der Waals surface area contributed by atoms with Gasteiger partial charge in [-0.3, -0.25) is 15.1 Å². The van der Waals surface area contributed by atoms with Gasteiger partial charge in [0.2, 0.25) is 5.95 Å². The molecule has 2 aromatic carbocycles. The first kappa shape index (κ1) is 23.8. The Labute approximate surface area is 212 Å². The van der Waals surface area contributed by atoms with Crippen molar-refractivity contribution in [1.82, 2.24) is 19.7 Å². The Hall–Kier alpha value is -4.91. The number of methoxy groups -OCH3 is 1. The van der Waals surface area contributed by atoms with E-state index in [2.05, 4.69) is 20.4 Å². The van der Waals surface area contributed by atoms with Crippen molar-refractivity contribution >= 4 is 33.9 Å². The summed E-state index contributed by atoms with van der Waals surface area (Å²) in [7, 11) is 1.57. The molecule has 2 N–H and O–H groups in total. The molecule has 0 saturated carbocycles. The number of aromatic nitrogens is 4. The van der Waals surface area contributed by atoms with E-state index in [0.717, 1.165) is 16.5 Å². The fourth-order valence-corrected chi connectivity index (χ4v) is 4.72. The number of fused-ring (bicyclic) bond motifs is 3. The normalized spacial score (nSPS) is 11.9. The maximum Gasteiger partial charge on any atom is 0.303 e. The van der Waals surface area contributed by atoms with E-state index in [1.807, 2.05) is 60.1 Å². The summed E-state index contributed by atoms with van der Waals surface area (Å²) in [6, 6.07) is 13.6. The fraction of sp³-hybridized carbons (Fsp3) is 0.222. The molecule has 0 saturated heterocycles. The van der Waals surface area contributed by atoms with E-state index in [1.165, 1.54) is 0 Å². The minimum absolute atomic E-state index is 0.0705. The van der Waals surface area contributed by atoms with Gasteiger partial charge in [-0.2, -0.15) is 5.26 Å². The number of nitriles is 1. The van der Waals surface area contributed by atoms with E-state index in [4.69, 9.17) is 14.4 Å². The summed E-state index contributed by atoms with van der Waals surface area (Å²) in [6.07, 6.45) is 3.81. The highest BCUT2D eigenvalue weighted by atomic mass is 16.5. The fourth-order valence-electron chi connectivity index (χ4n) is 4.72. The van der Waals surface area contributed by atoms with Gasteiger partial charge in [0.1, 0.15) is 17.0 Å². The van der Waals surface area contributed by atoms with Gasteiger partial charge in [-0.15, -0.1) is 0 Å². The molecule has 10 nitrogen and oxygen atoms in total. The number of nitrogens with zero attached hydrogens (tertiary/aromatic N) is 5. The average Bonchev–Trinajstić information content (AvgIpc) is 3.46. The molecule has 0 aliphatic rings. The number of aryl methyl sites for hydroxylation is 2.